The van der Waals surface area contributed by atoms with Crippen LogP contribution in [0.3, 0.4) is 0 Å². The van der Waals surface area contributed by atoms with E-state index in [1.807, 2.05) is 18.2 Å². The van der Waals surface area contributed by atoms with Crippen LogP contribution in [0.25, 0.3) is 0 Å². The van der Waals surface area contributed by atoms with Crippen molar-refractivity contribution in [3.05, 3.63) is 63.1 Å². The topological polar surface area (TPSA) is 55.1 Å². The fraction of sp³-hybridized carbons (Fsp3) is 0.0714. The van der Waals surface area contributed by atoms with Gasteiger partial charge in [-0.1, -0.05) is 35.9 Å². The van der Waals surface area contributed by atoms with Crippen LogP contribution < -0.4 is 11.1 Å². The molecule has 5 heteroatoms. The Kier molecular flexibility index (Phi) is 4.45. The molecular weight excluding hydrogens is 328 g/mol. The number of nitrogen functional groups attached to an aromatic ring is 1. The van der Waals surface area contributed by atoms with Crippen LogP contribution in [0.15, 0.2) is 46.9 Å². The molecule has 2 aromatic carbocycles. The smallest absolute Gasteiger partial charge is 0.253 e. The highest BCUT2D eigenvalue weighted by molar-refractivity contribution is 9.10. The Balaban J connectivity index is 2.10. The maximum absolute atomic E-state index is 12.0. The van der Waals surface area contributed by atoms with Crippen molar-refractivity contribution in [3.8, 4) is 0 Å². The molecular formula is C14H12BrClN2O. The molecule has 3 N–H and O–H groups in total. The van der Waals surface area contributed by atoms with Crippen molar-refractivity contribution in [1.82, 2.24) is 5.32 Å². The Morgan fingerprint density at radius 3 is 2.68 bits per heavy atom. The van der Waals surface area contributed by atoms with E-state index in [1.165, 1.54) is 0 Å². The number of amides is 1. The molecule has 0 aliphatic heterocycles. The van der Waals surface area contributed by atoms with Gasteiger partial charge in [0.2, 0.25) is 0 Å². The molecule has 0 saturated carbocycles. The molecule has 0 aromatic heterocycles. The van der Waals surface area contributed by atoms with E-state index < -0.39 is 0 Å². The predicted molar refractivity (Wildman–Crippen MR) is 81.2 cm³/mol. The number of anilines is 1. The van der Waals surface area contributed by atoms with E-state index >= 15 is 0 Å². The number of carbonyl (C=O) groups is 1. The van der Waals surface area contributed by atoms with Gasteiger partial charge in [-0.15, -0.1) is 0 Å². The zero-order valence-electron chi connectivity index (χ0n) is 9.99. The number of hydrogen-bond donors (Lipinski definition) is 2. The Bertz CT molecular complexity index is 616. The first-order chi connectivity index (χ1) is 9.09. The summed E-state index contributed by atoms with van der Waals surface area (Å²) in [7, 11) is 0. The van der Waals surface area contributed by atoms with E-state index in [0.717, 1.165) is 5.56 Å². The summed E-state index contributed by atoms with van der Waals surface area (Å²) in [6.07, 6.45) is 0. The lowest BCUT2D eigenvalue weighted by atomic mass is 10.1. The van der Waals surface area contributed by atoms with Crippen molar-refractivity contribution in [2.24, 2.45) is 0 Å². The lowest BCUT2D eigenvalue weighted by Gasteiger charge is -2.09. The third kappa shape index (κ3) is 3.28. The summed E-state index contributed by atoms with van der Waals surface area (Å²) in [5.74, 6) is -0.227. The molecule has 98 valence electrons. The van der Waals surface area contributed by atoms with Crippen LogP contribution in [0.1, 0.15) is 15.9 Å². The van der Waals surface area contributed by atoms with Gasteiger partial charge in [0.05, 0.1) is 10.6 Å². The van der Waals surface area contributed by atoms with Crippen LogP contribution in [0.5, 0.6) is 0 Å². The average molecular weight is 340 g/mol. The number of para-hydroxylation sites is 1. The minimum atomic E-state index is -0.227. The number of nitrogens with two attached hydrogens (primary N) is 1. The number of carbonyl (C=O) groups excluding carboxylic acids is 1. The molecule has 0 heterocycles. The van der Waals surface area contributed by atoms with Crippen molar-refractivity contribution in [3.63, 3.8) is 0 Å². The fourth-order valence-electron chi connectivity index (χ4n) is 1.65. The molecule has 0 fully saturated rings. The number of benzene rings is 2. The summed E-state index contributed by atoms with van der Waals surface area (Å²) in [5, 5.41) is 3.20. The standard InChI is InChI=1S/C14H12BrClN2O/c15-11-6-3-5-10(13(11)16)14(19)18-8-9-4-1-2-7-12(9)17/h1-7H,8,17H2,(H,18,19). The van der Waals surface area contributed by atoms with Gasteiger partial charge in [0.1, 0.15) is 0 Å². The molecule has 2 aromatic rings. The van der Waals surface area contributed by atoms with E-state index in [-0.39, 0.29) is 5.91 Å². The Morgan fingerprint density at radius 1 is 1.21 bits per heavy atom. The number of halogens is 2. The average Bonchev–Trinajstić information content (AvgIpc) is 2.40. The van der Waals surface area contributed by atoms with Crippen LogP contribution in [0, 0.1) is 0 Å². The Morgan fingerprint density at radius 2 is 1.95 bits per heavy atom. The van der Waals surface area contributed by atoms with Gasteiger partial charge in [-0.3, -0.25) is 4.79 Å². The highest BCUT2D eigenvalue weighted by Crippen LogP contribution is 2.25. The van der Waals surface area contributed by atoms with Gasteiger partial charge in [0.15, 0.2) is 0 Å². The third-order valence-electron chi connectivity index (χ3n) is 2.69. The molecule has 0 radical (unpaired) electrons. The molecule has 0 spiro atoms. The second kappa shape index (κ2) is 6.08. The highest BCUT2D eigenvalue weighted by Gasteiger charge is 2.12. The summed E-state index contributed by atoms with van der Waals surface area (Å²) in [6.45, 7) is 0.369. The second-order valence-corrected chi connectivity index (χ2v) is 5.22. The lowest BCUT2D eigenvalue weighted by Crippen LogP contribution is -2.23. The van der Waals surface area contributed by atoms with Crippen LogP contribution >= 0.6 is 27.5 Å². The van der Waals surface area contributed by atoms with Crippen LogP contribution in [-0.4, -0.2) is 5.91 Å². The zero-order valence-corrected chi connectivity index (χ0v) is 12.3. The van der Waals surface area contributed by atoms with E-state index in [2.05, 4.69) is 21.2 Å². The summed E-state index contributed by atoms with van der Waals surface area (Å²) >= 11 is 9.36. The Hall–Kier alpha value is -1.52. The van der Waals surface area contributed by atoms with Crippen molar-refractivity contribution in [1.29, 1.82) is 0 Å². The maximum atomic E-state index is 12.0. The molecule has 0 unspecified atom stereocenters. The zero-order chi connectivity index (χ0) is 13.8. The van der Waals surface area contributed by atoms with Gasteiger partial charge in [-0.25, -0.2) is 0 Å². The molecule has 0 saturated heterocycles. The number of rotatable bonds is 3. The molecule has 0 aliphatic carbocycles. The Labute approximate surface area is 124 Å². The summed E-state index contributed by atoms with van der Waals surface area (Å²) in [5.41, 5.74) is 7.78. The fourth-order valence-corrected chi connectivity index (χ4v) is 2.22. The first-order valence-electron chi connectivity index (χ1n) is 5.65. The quantitative estimate of drug-likeness (QED) is 0.839. The second-order valence-electron chi connectivity index (χ2n) is 3.98. The SMILES string of the molecule is Nc1ccccc1CNC(=O)c1cccc(Br)c1Cl. The summed E-state index contributed by atoms with van der Waals surface area (Å²) < 4.78 is 0.695. The van der Waals surface area contributed by atoms with E-state index in [1.54, 1.807) is 24.3 Å². The minimum Gasteiger partial charge on any atom is -0.398 e. The molecule has 2 rings (SSSR count). The molecule has 19 heavy (non-hydrogen) atoms. The van der Waals surface area contributed by atoms with E-state index in [0.29, 0.717) is 27.3 Å². The molecule has 0 aliphatic rings. The van der Waals surface area contributed by atoms with Gasteiger partial charge in [-0.2, -0.15) is 0 Å². The van der Waals surface area contributed by atoms with E-state index in [9.17, 15) is 4.79 Å². The van der Waals surface area contributed by atoms with Gasteiger partial charge in [0, 0.05) is 16.7 Å². The monoisotopic (exact) mass is 338 g/mol. The van der Waals surface area contributed by atoms with Gasteiger partial charge in [-0.05, 0) is 39.7 Å². The highest BCUT2D eigenvalue weighted by atomic mass is 79.9. The van der Waals surface area contributed by atoms with Crippen LogP contribution in [0.4, 0.5) is 5.69 Å². The van der Waals surface area contributed by atoms with Gasteiger partial charge in [0.25, 0.3) is 5.91 Å². The molecule has 1 amide bonds. The predicted octanol–water partition coefficient (Wildman–Crippen LogP) is 3.61. The normalized spacial score (nSPS) is 10.2. The van der Waals surface area contributed by atoms with Crippen LogP contribution in [-0.2, 0) is 6.54 Å². The van der Waals surface area contributed by atoms with E-state index in [4.69, 9.17) is 17.3 Å². The van der Waals surface area contributed by atoms with Crippen molar-refractivity contribution >= 4 is 39.1 Å². The molecule has 0 atom stereocenters. The largest absolute Gasteiger partial charge is 0.398 e. The lowest BCUT2D eigenvalue weighted by molar-refractivity contribution is 0.0951. The summed E-state index contributed by atoms with van der Waals surface area (Å²) in [6, 6.07) is 12.6. The minimum absolute atomic E-state index is 0.227. The molecule has 0 bridgehead atoms. The van der Waals surface area contributed by atoms with Gasteiger partial charge >= 0.3 is 0 Å². The van der Waals surface area contributed by atoms with Crippen molar-refractivity contribution in [2.75, 3.05) is 5.73 Å². The molecule has 3 nitrogen and oxygen atoms in total. The van der Waals surface area contributed by atoms with Crippen molar-refractivity contribution < 1.29 is 4.79 Å². The number of hydrogen-bond acceptors (Lipinski definition) is 2. The maximum Gasteiger partial charge on any atom is 0.253 e. The van der Waals surface area contributed by atoms with Crippen molar-refractivity contribution in [2.45, 2.75) is 6.54 Å². The number of nitrogens with one attached hydrogen (secondary N) is 1. The first kappa shape index (κ1) is 13.9. The summed E-state index contributed by atoms with van der Waals surface area (Å²) in [4.78, 5) is 12.0. The van der Waals surface area contributed by atoms with Crippen LogP contribution in [0.2, 0.25) is 5.02 Å². The first-order valence-corrected chi connectivity index (χ1v) is 6.82. The van der Waals surface area contributed by atoms with Gasteiger partial charge < -0.3 is 11.1 Å². The third-order valence-corrected chi connectivity index (χ3v) is 3.99.